The van der Waals surface area contributed by atoms with E-state index in [1.165, 1.54) is 13.8 Å². The number of nitrogens with one attached hydrogen (secondary N) is 1. The molecule has 18 heavy (non-hydrogen) atoms. The van der Waals surface area contributed by atoms with Gasteiger partial charge in [-0.15, -0.1) is 0 Å². The Kier molecular flexibility index (Phi) is 27.1. The molecule has 0 aliphatic rings. The summed E-state index contributed by atoms with van der Waals surface area (Å²) in [7, 11) is -3.75. The molecule has 0 aliphatic carbocycles. The molecular weight excluding hydrogens is 254 g/mol. The Hall–Kier alpha value is -0.620. The van der Waals surface area contributed by atoms with Crippen molar-refractivity contribution < 1.29 is 17.8 Å². The first-order valence-electron chi connectivity index (χ1n) is 6.46. The minimum atomic E-state index is -3.75. The van der Waals surface area contributed by atoms with Crippen LogP contribution in [0.3, 0.4) is 0 Å². The number of hydrogen-bond acceptors (Lipinski definition) is 3. The predicted octanol–water partition coefficient (Wildman–Crippen LogP) is 2.87. The van der Waals surface area contributed by atoms with Crippen LogP contribution in [0.25, 0.3) is 0 Å². The van der Waals surface area contributed by atoms with Crippen molar-refractivity contribution in [1.29, 1.82) is 0 Å². The van der Waals surface area contributed by atoms with Gasteiger partial charge in [0.05, 0.1) is 5.25 Å². The molecule has 1 amide bonds. The van der Waals surface area contributed by atoms with Crippen LogP contribution in [0.4, 0.5) is 0 Å². The van der Waals surface area contributed by atoms with Crippen LogP contribution in [-0.4, -0.2) is 30.7 Å². The first-order valence-corrected chi connectivity index (χ1v) is 7.96. The van der Waals surface area contributed by atoms with Gasteiger partial charge in [-0.1, -0.05) is 34.6 Å². The quantitative estimate of drug-likeness (QED) is 0.781. The molecule has 0 heterocycles. The minimum absolute atomic E-state index is 0.0394. The van der Waals surface area contributed by atoms with Gasteiger partial charge in [0.25, 0.3) is 10.1 Å². The van der Waals surface area contributed by atoms with Crippen molar-refractivity contribution in [1.82, 2.24) is 5.32 Å². The Balaban J connectivity index is -0.0000000869. The van der Waals surface area contributed by atoms with Crippen LogP contribution >= 0.6 is 0 Å². The third-order valence-corrected chi connectivity index (χ3v) is 2.86. The molecule has 0 bridgehead atoms. The van der Waals surface area contributed by atoms with E-state index in [1.54, 1.807) is 6.92 Å². The summed E-state index contributed by atoms with van der Waals surface area (Å²) in [5, 5.41) is 1.95. The molecule has 114 valence electrons. The zero-order valence-corrected chi connectivity index (χ0v) is 13.9. The monoisotopic (exact) mass is 285 g/mol. The fourth-order valence-electron chi connectivity index (χ4n) is 0.460. The summed E-state index contributed by atoms with van der Waals surface area (Å²) < 4.78 is 28.5. The van der Waals surface area contributed by atoms with Gasteiger partial charge < -0.3 is 5.32 Å². The zero-order valence-electron chi connectivity index (χ0n) is 13.1. The van der Waals surface area contributed by atoms with Crippen LogP contribution in [0, 0.1) is 0 Å². The van der Waals surface area contributed by atoms with Crippen LogP contribution in [-0.2, 0) is 14.9 Å². The van der Waals surface area contributed by atoms with Crippen LogP contribution in [0.15, 0.2) is 0 Å². The Morgan fingerprint density at radius 3 is 1.50 bits per heavy atom. The summed E-state index contributed by atoms with van der Waals surface area (Å²) in [5.41, 5.74) is 0. The second kappa shape index (κ2) is 18.7. The van der Waals surface area contributed by atoms with E-state index in [1.807, 2.05) is 34.6 Å². The maximum absolute atomic E-state index is 10.1. The molecule has 1 unspecified atom stereocenters. The third kappa shape index (κ3) is 29.5. The first kappa shape index (κ1) is 26.0. The van der Waals surface area contributed by atoms with Gasteiger partial charge >= 0.3 is 0 Å². The molecule has 5 nitrogen and oxygen atoms in total. The number of carbonyl (C=O) groups is 1. The van der Waals surface area contributed by atoms with Gasteiger partial charge in [0.2, 0.25) is 5.91 Å². The molecule has 6 heteroatoms. The number of carbonyl (C=O) groups excluding carboxylic acids is 1. The van der Waals surface area contributed by atoms with Crippen molar-refractivity contribution in [2.45, 2.75) is 67.1 Å². The fraction of sp³-hybridized carbons (Fsp3) is 0.917. The van der Waals surface area contributed by atoms with Crippen LogP contribution < -0.4 is 5.32 Å². The average molecular weight is 285 g/mol. The van der Waals surface area contributed by atoms with E-state index in [4.69, 9.17) is 4.55 Å². The first-order chi connectivity index (χ1) is 8.25. The predicted molar refractivity (Wildman–Crippen MR) is 78.4 cm³/mol. The lowest BCUT2D eigenvalue weighted by atomic mass is 10.4. The summed E-state index contributed by atoms with van der Waals surface area (Å²) in [5.74, 6) is 0.0394. The van der Waals surface area contributed by atoms with Crippen LogP contribution in [0.2, 0.25) is 0 Å². The number of amides is 1. The van der Waals surface area contributed by atoms with Gasteiger partial charge in [0.15, 0.2) is 0 Å². The van der Waals surface area contributed by atoms with Gasteiger partial charge in [-0.2, -0.15) is 8.42 Å². The normalized spacial score (nSPS) is 10.3. The standard InChI is InChI=1S/C4H9NO.C4H10O3S.2C2H6/c1-3-5-4(2)6;1-3-4(2)8(5,6)7;2*1-2/h3H2,1-2H3,(H,5,6);4H,3H2,1-2H3,(H,5,6,7);2*1-2H3. The van der Waals surface area contributed by atoms with E-state index in [0.29, 0.717) is 6.42 Å². The summed E-state index contributed by atoms with van der Waals surface area (Å²) in [6.07, 6.45) is 0.457. The molecule has 0 fully saturated rings. The Morgan fingerprint density at radius 2 is 1.50 bits per heavy atom. The van der Waals surface area contributed by atoms with E-state index in [0.717, 1.165) is 6.54 Å². The fourth-order valence-corrected chi connectivity index (χ4v) is 0.881. The lowest BCUT2D eigenvalue weighted by Gasteiger charge is -2.00. The molecule has 0 saturated heterocycles. The zero-order chi connectivity index (χ0) is 15.8. The summed E-state index contributed by atoms with van der Waals surface area (Å²) in [6.45, 7) is 15.3. The molecule has 0 aliphatic heterocycles. The van der Waals surface area contributed by atoms with Gasteiger partial charge in [-0.25, -0.2) is 0 Å². The van der Waals surface area contributed by atoms with Crippen molar-refractivity contribution in [3.8, 4) is 0 Å². The molecule has 0 rings (SSSR count). The van der Waals surface area contributed by atoms with E-state index >= 15 is 0 Å². The minimum Gasteiger partial charge on any atom is -0.357 e. The van der Waals surface area contributed by atoms with Gasteiger partial charge in [-0.05, 0) is 20.3 Å². The molecule has 0 spiro atoms. The average Bonchev–Trinajstić information content (AvgIpc) is 2.32. The van der Waals surface area contributed by atoms with Crippen LogP contribution in [0.1, 0.15) is 61.8 Å². The summed E-state index contributed by atoms with van der Waals surface area (Å²) >= 11 is 0. The SMILES string of the molecule is CC.CC.CCC(C)S(=O)(=O)O.CCNC(C)=O. The molecule has 0 aromatic carbocycles. The molecule has 1 atom stereocenters. The Bertz CT molecular complexity index is 251. The lowest BCUT2D eigenvalue weighted by Crippen LogP contribution is -2.18. The molecule has 2 N–H and O–H groups in total. The Labute approximate surface area is 113 Å². The maximum atomic E-state index is 10.1. The maximum Gasteiger partial charge on any atom is 0.267 e. The second-order valence-corrected chi connectivity index (χ2v) is 4.66. The largest absolute Gasteiger partial charge is 0.357 e. The van der Waals surface area contributed by atoms with E-state index in [-0.39, 0.29) is 5.91 Å². The summed E-state index contributed by atoms with van der Waals surface area (Å²) in [4.78, 5) is 9.93. The van der Waals surface area contributed by atoms with Crippen molar-refractivity contribution in [3.05, 3.63) is 0 Å². The second-order valence-electron chi connectivity index (χ2n) is 2.82. The van der Waals surface area contributed by atoms with Crippen molar-refractivity contribution in [3.63, 3.8) is 0 Å². The third-order valence-electron chi connectivity index (χ3n) is 1.51. The highest BCUT2D eigenvalue weighted by Crippen LogP contribution is 1.99. The van der Waals surface area contributed by atoms with Gasteiger partial charge in [-0.3, -0.25) is 9.35 Å². The molecule has 0 aromatic heterocycles. The van der Waals surface area contributed by atoms with Crippen molar-refractivity contribution >= 4 is 16.0 Å². The summed E-state index contributed by atoms with van der Waals surface area (Å²) in [6, 6.07) is 0. The van der Waals surface area contributed by atoms with Gasteiger partial charge in [0, 0.05) is 13.5 Å². The molecule has 0 radical (unpaired) electrons. The van der Waals surface area contributed by atoms with Gasteiger partial charge in [0.1, 0.15) is 0 Å². The number of hydrogen-bond donors (Lipinski definition) is 2. The van der Waals surface area contributed by atoms with E-state index in [2.05, 4.69) is 5.32 Å². The molecular formula is C12H31NO4S. The number of rotatable bonds is 3. The molecule has 0 aromatic rings. The highest BCUT2D eigenvalue weighted by Gasteiger charge is 2.13. The highest BCUT2D eigenvalue weighted by molar-refractivity contribution is 7.86. The Morgan fingerprint density at radius 1 is 1.17 bits per heavy atom. The molecule has 0 saturated carbocycles. The van der Waals surface area contributed by atoms with Crippen molar-refractivity contribution in [2.75, 3.05) is 6.54 Å². The lowest BCUT2D eigenvalue weighted by molar-refractivity contribution is -0.118. The van der Waals surface area contributed by atoms with Crippen molar-refractivity contribution in [2.24, 2.45) is 0 Å². The highest BCUT2D eigenvalue weighted by atomic mass is 32.2. The topological polar surface area (TPSA) is 83.5 Å². The smallest absolute Gasteiger partial charge is 0.267 e. The van der Waals surface area contributed by atoms with E-state index < -0.39 is 15.4 Å². The van der Waals surface area contributed by atoms with E-state index in [9.17, 15) is 13.2 Å². The van der Waals surface area contributed by atoms with Crippen LogP contribution in [0.5, 0.6) is 0 Å².